The Morgan fingerprint density at radius 1 is 1.31 bits per heavy atom. The lowest BCUT2D eigenvalue weighted by Gasteiger charge is -2.17. The number of benzene rings is 1. The SMILES string of the molecule is CNC(COCCOC)c1ccccc1Cl. The smallest absolute Gasteiger partial charge is 0.0701 e. The molecule has 1 aromatic rings. The summed E-state index contributed by atoms with van der Waals surface area (Å²) in [5.74, 6) is 0. The number of halogens is 1. The van der Waals surface area contributed by atoms with Crippen molar-refractivity contribution in [3.63, 3.8) is 0 Å². The number of ether oxygens (including phenoxy) is 2. The predicted molar refractivity (Wildman–Crippen MR) is 65.9 cm³/mol. The zero-order valence-corrected chi connectivity index (χ0v) is 10.5. The maximum atomic E-state index is 6.12. The third-order valence-corrected chi connectivity index (χ3v) is 2.69. The van der Waals surface area contributed by atoms with Crippen LogP contribution in [0, 0.1) is 0 Å². The fourth-order valence-corrected chi connectivity index (χ4v) is 1.70. The quantitative estimate of drug-likeness (QED) is 0.746. The van der Waals surface area contributed by atoms with Crippen molar-refractivity contribution in [2.75, 3.05) is 34.0 Å². The van der Waals surface area contributed by atoms with Gasteiger partial charge in [0.25, 0.3) is 0 Å². The van der Waals surface area contributed by atoms with Crippen molar-refractivity contribution in [3.8, 4) is 0 Å². The molecule has 0 bridgehead atoms. The van der Waals surface area contributed by atoms with Gasteiger partial charge in [-0.1, -0.05) is 29.8 Å². The number of nitrogens with one attached hydrogen (secondary N) is 1. The van der Waals surface area contributed by atoms with Gasteiger partial charge >= 0.3 is 0 Å². The number of hydrogen-bond donors (Lipinski definition) is 1. The highest BCUT2D eigenvalue weighted by atomic mass is 35.5. The van der Waals surface area contributed by atoms with E-state index in [1.165, 1.54) is 0 Å². The summed E-state index contributed by atoms with van der Waals surface area (Å²) in [4.78, 5) is 0. The molecule has 3 nitrogen and oxygen atoms in total. The molecule has 1 unspecified atom stereocenters. The molecule has 0 spiro atoms. The molecule has 1 aromatic carbocycles. The van der Waals surface area contributed by atoms with E-state index in [-0.39, 0.29) is 6.04 Å². The molecular formula is C12H18ClNO2. The molecule has 0 aromatic heterocycles. The maximum absolute atomic E-state index is 6.12. The van der Waals surface area contributed by atoms with Crippen molar-refractivity contribution in [3.05, 3.63) is 34.9 Å². The fraction of sp³-hybridized carbons (Fsp3) is 0.500. The second-order valence-corrected chi connectivity index (χ2v) is 3.84. The molecular weight excluding hydrogens is 226 g/mol. The Bertz CT molecular complexity index is 307. The Hall–Kier alpha value is -0.610. The Kier molecular flexibility index (Phi) is 6.42. The average Bonchev–Trinajstić information content (AvgIpc) is 2.31. The summed E-state index contributed by atoms with van der Waals surface area (Å²) in [6, 6.07) is 7.90. The lowest BCUT2D eigenvalue weighted by molar-refractivity contribution is 0.0596. The van der Waals surface area contributed by atoms with Crippen LogP contribution in [0.25, 0.3) is 0 Å². The summed E-state index contributed by atoms with van der Waals surface area (Å²) in [6.45, 7) is 1.79. The first kappa shape index (κ1) is 13.5. The predicted octanol–water partition coefficient (Wildman–Crippen LogP) is 2.26. The monoisotopic (exact) mass is 243 g/mol. The van der Waals surface area contributed by atoms with Gasteiger partial charge in [0.15, 0.2) is 0 Å². The normalized spacial score (nSPS) is 12.7. The minimum absolute atomic E-state index is 0.116. The zero-order valence-electron chi connectivity index (χ0n) is 9.70. The average molecular weight is 244 g/mol. The molecule has 1 rings (SSSR count). The van der Waals surface area contributed by atoms with Crippen LogP contribution >= 0.6 is 11.6 Å². The minimum atomic E-state index is 0.116. The maximum Gasteiger partial charge on any atom is 0.0701 e. The highest BCUT2D eigenvalue weighted by Crippen LogP contribution is 2.22. The second-order valence-electron chi connectivity index (χ2n) is 3.43. The Morgan fingerprint density at radius 2 is 2.06 bits per heavy atom. The van der Waals surface area contributed by atoms with Gasteiger partial charge < -0.3 is 14.8 Å². The number of hydrogen-bond acceptors (Lipinski definition) is 3. The third kappa shape index (κ3) is 4.10. The molecule has 0 aliphatic carbocycles. The molecule has 0 saturated carbocycles. The number of methoxy groups -OCH3 is 1. The molecule has 0 heterocycles. The minimum Gasteiger partial charge on any atom is -0.382 e. The van der Waals surface area contributed by atoms with E-state index in [4.69, 9.17) is 21.1 Å². The summed E-state index contributed by atoms with van der Waals surface area (Å²) in [7, 11) is 3.56. The lowest BCUT2D eigenvalue weighted by Crippen LogP contribution is -2.23. The summed E-state index contributed by atoms with van der Waals surface area (Å²) in [5.41, 5.74) is 1.06. The van der Waals surface area contributed by atoms with E-state index in [1.807, 2.05) is 31.3 Å². The van der Waals surface area contributed by atoms with Gasteiger partial charge in [0.1, 0.15) is 0 Å². The molecule has 0 amide bonds. The van der Waals surface area contributed by atoms with Crippen molar-refractivity contribution in [2.24, 2.45) is 0 Å². The van der Waals surface area contributed by atoms with Crippen molar-refractivity contribution >= 4 is 11.6 Å². The first-order valence-electron chi connectivity index (χ1n) is 5.28. The van der Waals surface area contributed by atoms with Crippen molar-refractivity contribution in [1.29, 1.82) is 0 Å². The van der Waals surface area contributed by atoms with Gasteiger partial charge in [0.2, 0.25) is 0 Å². The van der Waals surface area contributed by atoms with E-state index in [9.17, 15) is 0 Å². The molecule has 4 heteroatoms. The summed E-state index contributed by atoms with van der Waals surface area (Å²) in [5, 5.41) is 3.95. The molecule has 0 radical (unpaired) electrons. The van der Waals surface area contributed by atoms with Gasteiger partial charge in [-0.2, -0.15) is 0 Å². The van der Waals surface area contributed by atoms with E-state index < -0.39 is 0 Å². The van der Waals surface area contributed by atoms with E-state index in [0.29, 0.717) is 19.8 Å². The van der Waals surface area contributed by atoms with Crippen molar-refractivity contribution in [1.82, 2.24) is 5.32 Å². The van der Waals surface area contributed by atoms with Gasteiger partial charge in [-0.15, -0.1) is 0 Å². The van der Waals surface area contributed by atoms with Crippen LogP contribution in [-0.2, 0) is 9.47 Å². The van der Waals surface area contributed by atoms with Gasteiger partial charge in [0.05, 0.1) is 25.9 Å². The first-order valence-corrected chi connectivity index (χ1v) is 5.65. The van der Waals surface area contributed by atoms with Crippen LogP contribution in [0.3, 0.4) is 0 Å². The van der Waals surface area contributed by atoms with Crippen molar-refractivity contribution in [2.45, 2.75) is 6.04 Å². The lowest BCUT2D eigenvalue weighted by atomic mass is 10.1. The molecule has 1 atom stereocenters. The topological polar surface area (TPSA) is 30.5 Å². The van der Waals surface area contributed by atoms with E-state index in [1.54, 1.807) is 7.11 Å². The molecule has 0 aliphatic rings. The number of likely N-dealkylation sites (N-methyl/N-ethyl adjacent to an activating group) is 1. The molecule has 90 valence electrons. The number of rotatable bonds is 7. The van der Waals surface area contributed by atoms with Crippen molar-refractivity contribution < 1.29 is 9.47 Å². The Morgan fingerprint density at radius 3 is 2.69 bits per heavy atom. The van der Waals surface area contributed by atoms with Gasteiger partial charge in [-0.25, -0.2) is 0 Å². The second kappa shape index (κ2) is 7.63. The Balaban J connectivity index is 2.51. The highest BCUT2D eigenvalue weighted by Gasteiger charge is 2.11. The molecule has 0 aliphatic heterocycles. The first-order chi connectivity index (χ1) is 7.79. The molecule has 0 saturated heterocycles. The van der Waals surface area contributed by atoms with Crippen LogP contribution in [0.5, 0.6) is 0 Å². The van der Waals surface area contributed by atoms with Crippen LogP contribution in [-0.4, -0.2) is 34.0 Å². The Labute approximate surface area is 102 Å². The van der Waals surface area contributed by atoms with Gasteiger partial charge in [-0.05, 0) is 18.7 Å². The van der Waals surface area contributed by atoms with Crippen LogP contribution in [0.1, 0.15) is 11.6 Å². The summed E-state index contributed by atoms with van der Waals surface area (Å²) >= 11 is 6.12. The fourth-order valence-electron chi connectivity index (χ4n) is 1.43. The summed E-state index contributed by atoms with van der Waals surface area (Å²) < 4.78 is 10.4. The third-order valence-electron chi connectivity index (χ3n) is 2.35. The zero-order chi connectivity index (χ0) is 11.8. The van der Waals surface area contributed by atoms with E-state index >= 15 is 0 Å². The van der Waals surface area contributed by atoms with E-state index in [0.717, 1.165) is 10.6 Å². The van der Waals surface area contributed by atoms with Crippen LogP contribution in [0.4, 0.5) is 0 Å². The van der Waals surface area contributed by atoms with Crippen LogP contribution in [0.15, 0.2) is 24.3 Å². The summed E-state index contributed by atoms with van der Waals surface area (Å²) in [6.07, 6.45) is 0. The van der Waals surface area contributed by atoms with E-state index in [2.05, 4.69) is 5.32 Å². The largest absolute Gasteiger partial charge is 0.382 e. The molecule has 1 N–H and O–H groups in total. The highest BCUT2D eigenvalue weighted by molar-refractivity contribution is 6.31. The van der Waals surface area contributed by atoms with Crippen LogP contribution in [0.2, 0.25) is 5.02 Å². The standard InChI is InChI=1S/C12H18ClNO2/c1-14-12(9-16-8-7-15-2)10-5-3-4-6-11(10)13/h3-6,12,14H,7-9H2,1-2H3. The van der Waals surface area contributed by atoms with Gasteiger partial charge in [-0.3, -0.25) is 0 Å². The van der Waals surface area contributed by atoms with Crippen LogP contribution < -0.4 is 5.32 Å². The molecule has 0 fully saturated rings. The van der Waals surface area contributed by atoms with Gasteiger partial charge in [0, 0.05) is 12.1 Å². The molecule has 16 heavy (non-hydrogen) atoms.